The van der Waals surface area contributed by atoms with Crippen LogP contribution in [0.4, 0.5) is 0 Å². The summed E-state index contributed by atoms with van der Waals surface area (Å²) in [5.74, 6) is 0.882. The van der Waals surface area contributed by atoms with Gasteiger partial charge >= 0.3 is 5.97 Å². The molecule has 1 N–H and O–H groups in total. The molecule has 0 atom stereocenters. The van der Waals surface area contributed by atoms with Gasteiger partial charge in [0.15, 0.2) is 5.43 Å². The number of nitrogens with zero attached hydrogens (tertiary/aromatic N) is 1. The zero-order valence-electron chi connectivity index (χ0n) is 8.76. The first-order valence-electron chi connectivity index (χ1n) is 5.15. The standard InChI is InChI=1S/C11H13NO3S/c13-9-1-5-12(6-2-9)11(10(14)15)3-7-16-8-4-11/h1-2,5-6H,3-4,7-8H2,(H,14,15). The molecule has 4 nitrogen and oxygen atoms in total. The van der Waals surface area contributed by atoms with E-state index in [0.29, 0.717) is 12.8 Å². The third-order valence-electron chi connectivity index (χ3n) is 3.01. The first-order valence-corrected chi connectivity index (χ1v) is 6.31. The molecular formula is C11H13NO3S. The lowest BCUT2D eigenvalue weighted by Crippen LogP contribution is -2.44. The molecule has 1 aliphatic heterocycles. The van der Waals surface area contributed by atoms with Crippen LogP contribution >= 0.6 is 11.8 Å². The van der Waals surface area contributed by atoms with E-state index in [2.05, 4.69) is 0 Å². The van der Waals surface area contributed by atoms with Crippen LogP contribution in [0.5, 0.6) is 0 Å². The summed E-state index contributed by atoms with van der Waals surface area (Å²) in [5, 5.41) is 9.40. The van der Waals surface area contributed by atoms with Gasteiger partial charge in [-0.15, -0.1) is 0 Å². The lowest BCUT2D eigenvalue weighted by atomic mass is 9.92. The Bertz CT molecular complexity index is 428. The van der Waals surface area contributed by atoms with E-state index < -0.39 is 11.5 Å². The molecule has 0 spiro atoms. The molecule has 0 saturated carbocycles. The van der Waals surface area contributed by atoms with E-state index in [0.717, 1.165) is 11.5 Å². The third kappa shape index (κ3) is 1.87. The van der Waals surface area contributed by atoms with Crippen LogP contribution in [0.25, 0.3) is 0 Å². The highest BCUT2D eigenvalue weighted by molar-refractivity contribution is 7.99. The van der Waals surface area contributed by atoms with Crippen LogP contribution in [0.15, 0.2) is 29.3 Å². The van der Waals surface area contributed by atoms with Crippen LogP contribution in [0, 0.1) is 0 Å². The number of hydrogen-bond donors (Lipinski definition) is 1. The van der Waals surface area contributed by atoms with E-state index >= 15 is 0 Å². The summed E-state index contributed by atoms with van der Waals surface area (Å²) in [6, 6.07) is 2.82. The Morgan fingerprint density at radius 1 is 1.31 bits per heavy atom. The SMILES string of the molecule is O=C(O)C1(n2ccc(=O)cc2)CCSCC1. The second-order valence-electron chi connectivity index (χ2n) is 3.89. The fraction of sp³-hybridized carbons (Fsp3) is 0.455. The van der Waals surface area contributed by atoms with Gasteiger partial charge in [0.05, 0.1) is 0 Å². The number of pyridine rings is 1. The summed E-state index contributed by atoms with van der Waals surface area (Å²) in [6.07, 6.45) is 4.37. The summed E-state index contributed by atoms with van der Waals surface area (Å²) in [7, 11) is 0. The molecule has 16 heavy (non-hydrogen) atoms. The second kappa shape index (κ2) is 4.33. The van der Waals surface area contributed by atoms with Gasteiger partial charge < -0.3 is 9.67 Å². The van der Waals surface area contributed by atoms with Gasteiger partial charge in [-0.2, -0.15) is 11.8 Å². The number of thioether (sulfide) groups is 1. The van der Waals surface area contributed by atoms with Crippen LogP contribution in [0.1, 0.15) is 12.8 Å². The van der Waals surface area contributed by atoms with E-state index in [1.165, 1.54) is 12.1 Å². The summed E-state index contributed by atoms with van der Waals surface area (Å²) in [6.45, 7) is 0. The summed E-state index contributed by atoms with van der Waals surface area (Å²) >= 11 is 1.77. The lowest BCUT2D eigenvalue weighted by Gasteiger charge is -2.35. The van der Waals surface area contributed by atoms with Crippen molar-refractivity contribution in [2.24, 2.45) is 0 Å². The average Bonchev–Trinajstić information content (AvgIpc) is 2.30. The van der Waals surface area contributed by atoms with Crippen molar-refractivity contribution in [2.75, 3.05) is 11.5 Å². The van der Waals surface area contributed by atoms with Gasteiger partial charge in [-0.1, -0.05) is 0 Å². The van der Waals surface area contributed by atoms with E-state index in [1.807, 2.05) is 0 Å². The summed E-state index contributed by atoms with van der Waals surface area (Å²) in [4.78, 5) is 22.5. The van der Waals surface area contributed by atoms with Gasteiger partial charge in [-0.05, 0) is 24.3 Å². The van der Waals surface area contributed by atoms with Crippen LogP contribution in [0.3, 0.4) is 0 Å². The molecule has 2 heterocycles. The van der Waals surface area contributed by atoms with E-state index in [4.69, 9.17) is 0 Å². The summed E-state index contributed by atoms with van der Waals surface area (Å²) in [5.41, 5.74) is -0.958. The van der Waals surface area contributed by atoms with Crippen molar-refractivity contribution >= 4 is 17.7 Å². The highest BCUT2D eigenvalue weighted by Gasteiger charge is 2.40. The van der Waals surface area contributed by atoms with Gasteiger partial charge in [-0.25, -0.2) is 4.79 Å². The molecule has 0 aliphatic carbocycles. The fourth-order valence-electron chi connectivity index (χ4n) is 1.99. The topological polar surface area (TPSA) is 59.3 Å². The van der Waals surface area contributed by atoms with Gasteiger partial charge in [0.1, 0.15) is 5.54 Å². The van der Waals surface area contributed by atoms with Gasteiger partial charge in [0, 0.05) is 24.5 Å². The second-order valence-corrected chi connectivity index (χ2v) is 5.11. The van der Waals surface area contributed by atoms with Crippen molar-refractivity contribution in [3.05, 3.63) is 34.7 Å². The smallest absolute Gasteiger partial charge is 0.329 e. The van der Waals surface area contributed by atoms with Crippen LogP contribution < -0.4 is 5.43 Å². The Hall–Kier alpha value is -1.23. The first kappa shape index (κ1) is 11.3. The van der Waals surface area contributed by atoms with Crippen molar-refractivity contribution in [3.63, 3.8) is 0 Å². The minimum absolute atomic E-state index is 0.0954. The van der Waals surface area contributed by atoms with Crippen molar-refractivity contribution in [2.45, 2.75) is 18.4 Å². The normalized spacial score (nSPS) is 19.2. The van der Waals surface area contributed by atoms with Crippen LogP contribution in [0.2, 0.25) is 0 Å². The first-order chi connectivity index (χ1) is 7.65. The van der Waals surface area contributed by atoms with Crippen LogP contribution in [-0.4, -0.2) is 27.1 Å². The molecule has 0 amide bonds. The number of aliphatic carboxylic acids is 1. The number of carbonyl (C=O) groups is 1. The van der Waals surface area contributed by atoms with Gasteiger partial charge in [0.2, 0.25) is 0 Å². The Balaban J connectivity index is 2.42. The number of rotatable bonds is 2. The molecule has 5 heteroatoms. The van der Waals surface area contributed by atoms with Crippen molar-refractivity contribution in [3.8, 4) is 0 Å². The molecule has 1 saturated heterocycles. The molecule has 0 unspecified atom stereocenters. The maximum Gasteiger partial charge on any atom is 0.329 e. The summed E-state index contributed by atoms with van der Waals surface area (Å²) < 4.78 is 1.66. The lowest BCUT2D eigenvalue weighted by molar-refractivity contribution is -0.148. The van der Waals surface area contributed by atoms with Gasteiger partial charge in [-0.3, -0.25) is 4.79 Å². The minimum Gasteiger partial charge on any atom is -0.479 e. The molecule has 1 aliphatic rings. The maximum atomic E-state index is 11.5. The number of hydrogen-bond acceptors (Lipinski definition) is 3. The third-order valence-corrected chi connectivity index (χ3v) is 4.00. The molecule has 86 valence electrons. The predicted octanol–water partition coefficient (Wildman–Crippen LogP) is 1.16. The molecule has 1 aromatic heterocycles. The van der Waals surface area contributed by atoms with E-state index in [-0.39, 0.29) is 5.43 Å². The van der Waals surface area contributed by atoms with Crippen LogP contribution in [-0.2, 0) is 10.3 Å². The van der Waals surface area contributed by atoms with Crippen molar-refractivity contribution in [1.29, 1.82) is 0 Å². The zero-order chi connectivity index (χ0) is 11.6. The minimum atomic E-state index is -0.862. The predicted molar refractivity (Wildman–Crippen MR) is 62.9 cm³/mol. The highest BCUT2D eigenvalue weighted by atomic mass is 32.2. The highest BCUT2D eigenvalue weighted by Crippen LogP contribution is 2.33. The molecule has 1 fully saturated rings. The Morgan fingerprint density at radius 3 is 2.38 bits per heavy atom. The maximum absolute atomic E-state index is 11.5. The molecular weight excluding hydrogens is 226 g/mol. The monoisotopic (exact) mass is 239 g/mol. The average molecular weight is 239 g/mol. The Morgan fingerprint density at radius 2 is 1.88 bits per heavy atom. The largest absolute Gasteiger partial charge is 0.479 e. The Labute approximate surface area is 97.3 Å². The molecule has 0 bridgehead atoms. The van der Waals surface area contributed by atoms with Crippen molar-refractivity contribution < 1.29 is 9.90 Å². The number of carboxylic acids is 1. The number of aromatic nitrogens is 1. The molecule has 1 aromatic rings. The Kier molecular flexibility index (Phi) is 3.05. The zero-order valence-corrected chi connectivity index (χ0v) is 9.57. The van der Waals surface area contributed by atoms with E-state index in [9.17, 15) is 14.7 Å². The molecule has 0 radical (unpaired) electrons. The quantitative estimate of drug-likeness (QED) is 0.841. The van der Waals surface area contributed by atoms with E-state index in [1.54, 1.807) is 28.7 Å². The molecule has 0 aromatic carbocycles. The fourth-order valence-corrected chi connectivity index (χ4v) is 3.16. The van der Waals surface area contributed by atoms with Gasteiger partial charge in [0.25, 0.3) is 0 Å². The number of carboxylic acid groups (broad SMARTS) is 1. The molecule has 2 rings (SSSR count). The van der Waals surface area contributed by atoms with Crippen molar-refractivity contribution in [1.82, 2.24) is 4.57 Å².